The third kappa shape index (κ3) is 2.82. The van der Waals surface area contributed by atoms with Gasteiger partial charge in [0.1, 0.15) is 5.72 Å². The highest BCUT2D eigenvalue weighted by molar-refractivity contribution is 5.38. The minimum atomic E-state index is -1.19. The van der Waals surface area contributed by atoms with E-state index >= 15 is 0 Å². The summed E-state index contributed by atoms with van der Waals surface area (Å²) in [5.74, 6) is 0. The van der Waals surface area contributed by atoms with Crippen molar-refractivity contribution in [2.75, 3.05) is 0 Å². The van der Waals surface area contributed by atoms with Crippen molar-refractivity contribution >= 4 is 0 Å². The van der Waals surface area contributed by atoms with Crippen molar-refractivity contribution in [1.82, 2.24) is 0 Å². The van der Waals surface area contributed by atoms with E-state index in [1.807, 2.05) is 13.8 Å². The zero-order chi connectivity index (χ0) is 11.2. The SMILES string of the molecule is C=CC1=C(C=C)C(N)(O)CCC1.CC. The van der Waals surface area contributed by atoms with E-state index in [-0.39, 0.29) is 0 Å². The lowest BCUT2D eigenvalue weighted by Gasteiger charge is -2.30. The summed E-state index contributed by atoms with van der Waals surface area (Å²) in [6.45, 7) is 11.3. The van der Waals surface area contributed by atoms with E-state index in [0.29, 0.717) is 6.42 Å². The summed E-state index contributed by atoms with van der Waals surface area (Å²) in [5.41, 5.74) is 6.23. The van der Waals surface area contributed by atoms with Gasteiger partial charge in [-0.1, -0.05) is 39.2 Å². The van der Waals surface area contributed by atoms with Crippen molar-refractivity contribution in [2.24, 2.45) is 5.73 Å². The maximum Gasteiger partial charge on any atom is 0.139 e. The molecule has 2 nitrogen and oxygen atoms in total. The van der Waals surface area contributed by atoms with Crippen molar-refractivity contribution in [3.8, 4) is 0 Å². The molecule has 0 amide bonds. The van der Waals surface area contributed by atoms with Gasteiger partial charge in [-0.05, 0) is 24.8 Å². The molecule has 1 aliphatic rings. The molecule has 14 heavy (non-hydrogen) atoms. The summed E-state index contributed by atoms with van der Waals surface area (Å²) in [6.07, 6.45) is 5.81. The van der Waals surface area contributed by atoms with Gasteiger partial charge in [-0.15, -0.1) is 0 Å². The van der Waals surface area contributed by atoms with E-state index in [4.69, 9.17) is 5.73 Å². The molecule has 0 aliphatic heterocycles. The second-order valence-electron chi connectivity index (χ2n) is 3.12. The van der Waals surface area contributed by atoms with Crippen LogP contribution in [0.5, 0.6) is 0 Å². The van der Waals surface area contributed by atoms with Crippen LogP contribution in [0.2, 0.25) is 0 Å². The van der Waals surface area contributed by atoms with Gasteiger partial charge in [0.25, 0.3) is 0 Å². The smallest absolute Gasteiger partial charge is 0.139 e. The highest BCUT2D eigenvalue weighted by Gasteiger charge is 2.29. The number of rotatable bonds is 2. The van der Waals surface area contributed by atoms with Gasteiger partial charge < -0.3 is 5.11 Å². The second kappa shape index (κ2) is 5.78. The molecule has 0 aromatic rings. The first kappa shape index (κ1) is 13.1. The fourth-order valence-electron chi connectivity index (χ4n) is 1.62. The van der Waals surface area contributed by atoms with Crippen LogP contribution >= 0.6 is 0 Å². The molecule has 0 saturated carbocycles. The van der Waals surface area contributed by atoms with Crippen LogP contribution in [-0.2, 0) is 0 Å². The average Bonchev–Trinajstić information content (AvgIpc) is 2.19. The van der Waals surface area contributed by atoms with Gasteiger partial charge in [-0.3, -0.25) is 5.73 Å². The van der Waals surface area contributed by atoms with Crippen molar-refractivity contribution in [3.63, 3.8) is 0 Å². The van der Waals surface area contributed by atoms with Gasteiger partial charge in [-0.25, -0.2) is 0 Å². The van der Waals surface area contributed by atoms with Crippen LogP contribution in [0.3, 0.4) is 0 Å². The molecular weight excluding hydrogens is 174 g/mol. The van der Waals surface area contributed by atoms with E-state index in [9.17, 15) is 5.11 Å². The molecule has 0 aromatic heterocycles. The summed E-state index contributed by atoms with van der Waals surface area (Å²) in [5, 5.41) is 9.74. The molecule has 1 aliphatic carbocycles. The molecule has 0 bridgehead atoms. The molecule has 0 heterocycles. The lowest BCUT2D eigenvalue weighted by Crippen LogP contribution is -2.43. The summed E-state index contributed by atoms with van der Waals surface area (Å²) in [4.78, 5) is 0. The van der Waals surface area contributed by atoms with E-state index < -0.39 is 5.72 Å². The molecule has 2 heteroatoms. The number of hydrogen-bond acceptors (Lipinski definition) is 2. The van der Waals surface area contributed by atoms with Crippen LogP contribution in [0, 0.1) is 0 Å². The monoisotopic (exact) mass is 195 g/mol. The van der Waals surface area contributed by atoms with Crippen molar-refractivity contribution in [1.29, 1.82) is 0 Å². The summed E-state index contributed by atoms with van der Waals surface area (Å²) < 4.78 is 0. The summed E-state index contributed by atoms with van der Waals surface area (Å²) in [6, 6.07) is 0. The number of hydrogen-bond donors (Lipinski definition) is 2. The van der Waals surface area contributed by atoms with Crippen LogP contribution in [0.1, 0.15) is 33.1 Å². The maximum atomic E-state index is 9.74. The second-order valence-corrected chi connectivity index (χ2v) is 3.12. The molecule has 80 valence electrons. The lowest BCUT2D eigenvalue weighted by atomic mass is 9.85. The largest absolute Gasteiger partial charge is 0.372 e. The van der Waals surface area contributed by atoms with E-state index in [1.165, 1.54) is 0 Å². The molecule has 1 unspecified atom stereocenters. The minimum Gasteiger partial charge on any atom is -0.372 e. The first-order valence-corrected chi connectivity index (χ1v) is 5.11. The average molecular weight is 195 g/mol. The number of allylic oxidation sites excluding steroid dienone is 2. The van der Waals surface area contributed by atoms with Crippen molar-refractivity contribution < 1.29 is 5.11 Å². The molecule has 1 rings (SSSR count). The lowest BCUT2D eigenvalue weighted by molar-refractivity contribution is 0.0711. The van der Waals surface area contributed by atoms with Crippen molar-refractivity contribution in [3.05, 3.63) is 36.5 Å². The first-order chi connectivity index (χ1) is 6.61. The van der Waals surface area contributed by atoms with Crippen molar-refractivity contribution in [2.45, 2.75) is 38.8 Å². The molecule has 0 aromatic carbocycles. The molecule has 0 fully saturated rings. The quantitative estimate of drug-likeness (QED) is 0.665. The Balaban J connectivity index is 0.000000791. The van der Waals surface area contributed by atoms with Gasteiger partial charge in [0.2, 0.25) is 0 Å². The zero-order valence-corrected chi connectivity index (χ0v) is 9.21. The minimum absolute atomic E-state index is 0.603. The highest BCUT2D eigenvalue weighted by atomic mass is 16.3. The normalized spacial score (nSPS) is 26.3. The standard InChI is InChI=1S/C10H15NO.C2H6/c1-3-8-6-5-7-10(11,12)9(8)4-2;1-2/h3-4,12H,1-2,5-7,11H2;1-2H3. The topological polar surface area (TPSA) is 46.2 Å². The number of aliphatic hydroxyl groups is 1. The van der Waals surface area contributed by atoms with Crippen LogP contribution in [0.15, 0.2) is 36.5 Å². The van der Waals surface area contributed by atoms with E-state index in [2.05, 4.69) is 13.2 Å². The Hall–Kier alpha value is -0.860. The van der Waals surface area contributed by atoms with Crippen LogP contribution in [0.4, 0.5) is 0 Å². The van der Waals surface area contributed by atoms with Gasteiger partial charge in [0.05, 0.1) is 0 Å². The molecule has 1 atom stereocenters. The van der Waals surface area contributed by atoms with Crippen LogP contribution in [-0.4, -0.2) is 10.8 Å². The Labute approximate surface area is 86.8 Å². The Morgan fingerprint density at radius 1 is 1.36 bits per heavy atom. The van der Waals surface area contributed by atoms with Crippen LogP contribution < -0.4 is 5.73 Å². The zero-order valence-electron chi connectivity index (χ0n) is 9.21. The van der Waals surface area contributed by atoms with Gasteiger partial charge in [0, 0.05) is 5.57 Å². The van der Waals surface area contributed by atoms with E-state index in [1.54, 1.807) is 12.2 Å². The predicted octanol–water partition coefficient (Wildman–Crippen LogP) is 2.51. The van der Waals surface area contributed by atoms with Gasteiger partial charge in [-0.2, -0.15) is 0 Å². The molecular formula is C12H21NO. The van der Waals surface area contributed by atoms with E-state index in [0.717, 1.165) is 24.0 Å². The third-order valence-electron chi connectivity index (χ3n) is 2.27. The van der Waals surface area contributed by atoms with Crippen LogP contribution in [0.25, 0.3) is 0 Å². The highest BCUT2D eigenvalue weighted by Crippen LogP contribution is 2.30. The first-order valence-electron chi connectivity index (χ1n) is 5.11. The molecule has 0 spiro atoms. The molecule has 0 radical (unpaired) electrons. The molecule has 3 N–H and O–H groups in total. The fraction of sp³-hybridized carbons (Fsp3) is 0.500. The Morgan fingerprint density at radius 3 is 2.29 bits per heavy atom. The third-order valence-corrected chi connectivity index (χ3v) is 2.27. The summed E-state index contributed by atoms with van der Waals surface area (Å²) >= 11 is 0. The molecule has 0 saturated heterocycles. The Morgan fingerprint density at radius 2 is 1.93 bits per heavy atom. The number of nitrogens with two attached hydrogens (primary N) is 1. The van der Waals surface area contributed by atoms with Gasteiger partial charge >= 0.3 is 0 Å². The fourth-order valence-corrected chi connectivity index (χ4v) is 1.62. The summed E-state index contributed by atoms with van der Waals surface area (Å²) in [7, 11) is 0. The Kier molecular flexibility index (Phi) is 5.43. The predicted molar refractivity (Wildman–Crippen MR) is 61.8 cm³/mol. The maximum absolute atomic E-state index is 9.74. The van der Waals surface area contributed by atoms with Gasteiger partial charge in [0.15, 0.2) is 0 Å². The Bertz CT molecular complexity index is 239.